The smallest absolute Gasteiger partial charge is 0.344 e. The van der Waals surface area contributed by atoms with Crippen molar-refractivity contribution in [2.24, 2.45) is 0 Å². The van der Waals surface area contributed by atoms with Gasteiger partial charge in [-0.3, -0.25) is 0 Å². The van der Waals surface area contributed by atoms with Crippen molar-refractivity contribution in [2.45, 2.75) is 46.1 Å². The van der Waals surface area contributed by atoms with E-state index in [1.165, 1.54) is 6.92 Å². The van der Waals surface area contributed by atoms with E-state index in [0.717, 1.165) is 11.1 Å². The van der Waals surface area contributed by atoms with Crippen LogP contribution >= 0.6 is 0 Å². The van der Waals surface area contributed by atoms with Gasteiger partial charge in [-0.1, -0.05) is 32.9 Å². The second kappa shape index (κ2) is 4.78. The quantitative estimate of drug-likeness (QED) is 0.877. The van der Waals surface area contributed by atoms with Crippen LogP contribution in [0.4, 0.5) is 0 Å². The molecular weight excluding hydrogens is 216 g/mol. The van der Waals surface area contributed by atoms with Gasteiger partial charge in [-0.05, 0) is 36.5 Å². The Morgan fingerprint density at radius 3 is 2.41 bits per heavy atom. The summed E-state index contributed by atoms with van der Waals surface area (Å²) in [5.74, 6) is -0.293. The summed E-state index contributed by atoms with van der Waals surface area (Å²) in [5.41, 5.74) is 2.02. The van der Waals surface area contributed by atoms with Crippen molar-refractivity contribution >= 4 is 5.97 Å². The van der Waals surface area contributed by atoms with E-state index < -0.39 is 12.1 Å². The molecule has 0 aliphatic heterocycles. The number of ether oxygens (including phenoxy) is 1. The molecule has 1 rings (SSSR count). The fourth-order valence-electron chi connectivity index (χ4n) is 1.59. The molecular formula is C14H20O3. The lowest BCUT2D eigenvalue weighted by Crippen LogP contribution is -2.25. The minimum Gasteiger partial charge on any atom is -0.479 e. The molecule has 1 aromatic carbocycles. The molecule has 3 nitrogen and oxygen atoms in total. The number of aryl methyl sites for hydroxylation is 1. The highest BCUT2D eigenvalue weighted by Gasteiger charge is 2.21. The van der Waals surface area contributed by atoms with E-state index in [9.17, 15) is 4.79 Å². The maximum atomic E-state index is 10.8. The van der Waals surface area contributed by atoms with Crippen LogP contribution in [0.15, 0.2) is 18.2 Å². The number of rotatable bonds is 3. The van der Waals surface area contributed by atoms with Crippen molar-refractivity contribution in [1.82, 2.24) is 0 Å². The van der Waals surface area contributed by atoms with Crippen LogP contribution in [0.2, 0.25) is 0 Å². The Morgan fingerprint density at radius 1 is 1.35 bits per heavy atom. The Hall–Kier alpha value is -1.51. The monoisotopic (exact) mass is 236 g/mol. The topological polar surface area (TPSA) is 46.5 Å². The number of hydrogen-bond acceptors (Lipinski definition) is 2. The Kier molecular flexibility index (Phi) is 3.81. The van der Waals surface area contributed by atoms with Gasteiger partial charge >= 0.3 is 5.97 Å². The molecule has 0 unspecified atom stereocenters. The van der Waals surface area contributed by atoms with Gasteiger partial charge in [0.15, 0.2) is 6.10 Å². The third-order valence-corrected chi connectivity index (χ3v) is 2.60. The van der Waals surface area contributed by atoms with Crippen molar-refractivity contribution in [3.8, 4) is 5.75 Å². The molecule has 1 atom stereocenters. The molecule has 0 fully saturated rings. The van der Waals surface area contributed by atoms with Gasteiger partial charge in [0.1, 0.15) is 5.75 Å². The van der Waals surface area contributed by atoms with Crippen molar-refractivity contribution in [2.75, 3.05) is 0 Å². The molecule has 17 heavy (non-hydrogen) atoms. The third kappa shape index (κ3) is 3.48. The van der Waals surface area contributed by atoms with Gasteiger partial charge in [-0.25, -0.2) is 4.79 Å². The fraction of sp³-hybridized carbons (Fsp3) is 0.500. The van der Waals surface area contributed by atoms with Crippen LogP contribution in [0.1, 0.15) is 38.8 Å². The Labute approximate surface area is 102 Å². The molecule has 1 aromatic rings. The average Bonchev–Trinajstić information content (AvgIpc) is 2.15. The van der Waals surface area contributed by atoms with Crippen molar-refractivity contribution in [3.63, 3.8) is 0 Å². The molecule has 94 valence electrons. The van der Waals surface area contributed by atoms with Crippen LogP contribution in [-0.2, 0) is 10.2 Å². The van der Waals surface area contributed by atoms with E-state index in [1.54, 1.807) is 0 Å². The highest BCUT2D eigenvalue weighted by Crippen LogP contribution is 2.32. The lowest BCUT2D eigenvalue weighted by Gasteiger charge is -2.24. The van der Waals surface area contributed by atoms with Gasteiger partial charge in [0.25, 0.3) is 0 Å². The van der Waals surface area contributed by atoms with Crippen LogP contribution in [0.25, 0.3) is 0 Å². The summed E-state index contributed by atoms with van der Waals surface area (Å²) in [6.07, 6.45) is -0.835. The molecule has 0 aliphatic carbocycles. The normalized spacial score (nSPS) is 13.2. The second-order valence-electron chi connectivity index (χ2n) is 5.35. The molecule has 0 aromatic heterocycles. The highest BCUT2D eigenvalue weighted by atomic mass is 16.5. The Bertz CT molecular complexity index is 416. The molecule has 0 saturated heterocycles. The van der Waals surface area contributed by atoms with Gasteiger partial charge < -0.3 is 9.84 Å². The number of carboxylic acids is 1. The zero-order valence-corrected chi connectivity index (χ0v) is 11.1. The summed E-state index contributed by atoms with van der Waals surface area (Å²) >= 11 is 0. The van der Waals surface area contributed by atoms with E-state index >= 15 is 0 Å². The van der Waals surface area contributed by atoms with Crippen LogP contribution < -0.4 is 4.74 Å². The van der Waals surface area contributed by atoms with Gasteiger partial charge in [0.2, 0.25) is 0 Å². The lowest BCUT2D eigenvalue weighted by molar-refractivity contribution is -0.144. The third-order valence-electron chi connectivity index (χ3n) is 2.60. The van der Waals surface area contributed by atoms with Crippen molar-refractivity contribution in [1.29, 1.82) is 0 Å². The van der Waals surface area contributed by atoms with Gasteiger partial charge in [-0.15, -0.1) is 0 Å². The van der Waals surface area contributed by atoms with Crippen molar-refractivity contribution < 1.29 is 14.6 Å². The Balaban J connectivity index is 3.12. The van der Waals surface area contributed by atoms with Gasteiger partial charge in [0.05, 0.1) is 0 Å². The molecule has 0 radical (unpaired) electrons. The molecule has 0 saturated carbocycles. The summed E-state index contributed by atoms with van der Waals surface area (Å²) in [7, 11) is 0. The zero-order chi connectivity index (χ0) is 13.2. The van der Waals surface area contributed by atoms with Crippen LogP contribution in [0.3, 0.4) is 0 Å². The standard InChI is InChI=1S/C14H20O3/c1-9-6-7-11(14(3,4)5)12(8-9)17-10(2)13(15)16/h6-8,10H,1-5H3,(H,15,16)/t10-/m0/s1. The number of aliphatic carboxylic acids is 1. The summed E-state index contributed by atoms with van der Waals surface area (Å²) < 4.78 is 5.51. The average molecular weight is 236 g/mol. The molecule has 0 heterocycles. The first-order chi connectivity index (χ1) is 7.71. The summed E-state index contributed by atoms with van der Waals surface area (Å²) in [6.45, 7) is 9.74. The van der Waals surface area contributed by atoms with E-state index in [0.29, 0.717) is 5.75 Å². The fourth-order valence-corrected chi connectivity index (χ4v) is 1.59. The van der Waals surface area contributed by atoms with Gasteiger partial charge in [-0.2, -0.15) is 0 Å². The molecule has 0 aliphatic rings. The van der Waals surface area contributed by atoms with E-state index in [-0.39, 0.29) is 5.41 Å². The SMILES string of the molecule is Cc1ccc(C(C)(C)C)c(O[C@@H](C)C(=O)O)c1. The molecule has 3 heteroatoms. The van der Waals surface area contributed by atoms with Crippen molar-refractivity contribution in [3.05, 3.63) is 29.3 Å². The van der Waals surface area contributed by atoms with Crippen LogP contribution in [-0.4, -0.2) is 17.2 Å². The predicted octanol–water partition coefficient (Wildman–Crippen LogP) is 3.14. The van der Waals surface area contributed by atoms with E-state index in [2.05, 4.69) is 20.8 Å². The summed E-state index contributed by atoms with van der Waals surface area (Å²) in [6, 6.07) is 5.90. The summed E-state index contributed by atoms with van der Waals surface area (Å²) in [4.78, 5) is 10.8. The molecule has 0 spiro atoms. The first-order valence-electron chi connectivity index (χ1n) is 5.72. The second-order valence-corrected chi connectivity index (χ2v) is 5.35. The first kappa shape index (κ1) is 13.6. The van der Waals surface area contributed by atoms with Gasteiger partial charge in [0, 0.05) is 0 Å². The lowest BCUT2D eigenvalue weighted by atomic mass is 9.86. The first-order valence-corrected chi connectivity index (χ1v) is 5.72. The number of carboxylic acid groups (broad SMARTS) is 1. The Morgan fingerprint density at radius 2 is 1.94 bits per heavy atom. The van der Waals surface area contributed by atoms with E-state index in [1.807, 2.05) is 25.1 Å². The zero-order valence-electron chi connectivity index (χ0n) is 11.1. The van der Waals surface area contributed by atoms with E-state index in [4.69, 9.17) is 9.84 Å². The maximum Gasteiger partial charge on any atom is 0.344 e. The largest absolute Gasteiger partial charge is 0.479 e. The van der Waals surface area contributed by atoms with Crippen LogP contribution in [0, 0.1) is 6.92 Å². The minimum absolute atomic E-state index is 0.0682. The highest BCUT2D eigenvalue weighted by molar-refractivity contribution is 5.72. The minimum atomic E-state index is -0.952. The number of carbonyl (C=O) groups is 1. The summed E-state index contributed by atoms with van der Waals surface area (Å²) in [5, 5.41) is 8.88. The molecule has 1 N–H and O–H groups in total. The number of benzene rings is 1. The molecule has 0 amide bonds. The van der Waals surface area contributed by atoms with Crippen LogP contribution in [0.5, 0.6) is 5.75 Å². The maximum absolute atomic E-state index is 10.8. The number of hydrogen-bond donors (Lipinski definition) is 1. The molecule has 0 bridgehead atoms. The predicted molar refractivity (Wildman–Crippen MR) is 67.6 cm³/mol.